The van der Waals surface area contributed by atoms with Crippen molar-refractivity contribution in [2.45, 2.75) is 26.8 Å². The van der Waals surface area contributed by atoms with E-state index in [1.165, 1.54) is 5.56 Å². The molecule has 1 unspecified atom stereocenters. The number of aryl methyl sites for hydroxylation is 2. The van der Waals surface area contributed by atoms with Gasteiger partial charge in [0, 0.05) is 16.3 Å². The third-order valence-electron chi connectivity index (χ3n) is 6.12. The number of halogens is 1. The van der Waals surface area contributed by atoms with Gasteiger partial charge in [0.2, 0.25) is 5.82 Å². The van der Waals surface area contributed by atoms with Crippen molar-refractivity contribution in [1.29, 1.82) is 0 Å². The molecular weight excluding hydrogens is 448 g/mol. The predicted molar refractivity (Wildman–Crippen MR) is 133 cm³/mol. The Balaban J connectivity index is 1.66. The highest BCUT2D eigenvalue weighted by molar-refractivity contribution is 6.30. The first-order valence-corrected chi connectivity index (χ1v) is 11.3. The number of amides is 2. The van der Waals surface area contributed by atoms with Crippen molar-refractivity contribution >= 4 is 28.9 Å². The maximum absolute atomic E-state index is 13.3. The van der Waals surface area contributed by atoms with Crippen molar-refractivity contribution in [2.75, 3.05) is 4.90 Å². The van der Waals surface area contributed by atoms with Gasteiger partial charge in [-0.25, -0.2) is 4.79 Å². The number of allylic oxidation sites excluding steroid dienone is 1. The number of carbonyl (C=O) groups excluding carboxylic acids is 1. The summed E-state index contributed by atoms with van der Waals surface area (Å²) in [6, 6.07) is 22.3. The van der Waals surface area contributed by atoms with Crippen molar-refractivity contribution in [3.05, 3.63) is 106 Å². The van der Waals surface area contributed by atoms with E-state index < -0.39 is 6.04 Å². The Labute approximate surface area is 202 Å². The number of hydrogen-bond donors (Lipinski definition) is 1. The highest BCUT2D eigenvalue weighted by atomic mass is 35.5. The number of nitrogens with zero attached hydrogens (tertiary/aromatic N) is 3. The van der Waals surface area contributed by atoms with Gasteiger partial charge in [0.1, 0.15) is 0 Å². The lowest BCUT2D eigenvalue weighted by Gasteiger charge is -2.35. The van der Waals surface area contributed by atoms with Gasteiger partial charge in [0.25, 0.3) is 5.89 Å². The molecule has 6 nitrogen and oxygen atoms in total. The number of urea groups is 1. The normalized spacial score (nSPS) is 16.1. The second-order valence-electron chi connectivity index (χ2n) is 8.33. The summed E-state index contributed by atoms with van der Waals surface area (Å²) < 4.78 is 5.75. The average Bonchev–Trinajstić information content (AvgIpc) is 3.31. The van der Waals surface area contributed by atoms with Gasteiger partial charge in [-0.2, -0.15) is 4.98 Å². The van der Waals surface area contributed by atoms with Crippen molar-refractivity contribution in [1.82, 2.24) is 15.5 Å². The van der Waals surface area contributed by atoms with Gasteiger partial charge in [-0.3, -0.25) is 4.90 Å². The molecule has 2 amide bonds. The van der Waals surface area contributed by atoms with Crippen molar-refractivity contribution in [2.24, 2.45) is 0 Å². The SMILES string of the molecule is CC1=C(c2nc(-c3ccc(Cl)cc3)no2)C(c2ccc(C)c(C)c2)NC(=O)N1c1ccccc1. The Morgan fingerprint density at radius 2 is 1.68 bits per heavy atom. The molecule has 0 fully saturated rings. The minimum absolute atomic E-state index is 0.215. The summed E-state index contributed by atoms with van der Waals surface area (Å²) in [5.74, 6) is 0.806. The molecule has 1 atom stereocenters. The van der Waals surface area contributed by atoms with Crippen LogP contribution in [0, 0.1) is 13.8 Å². The number of carbonyl (C=O) groups is 1. The zero-order valence-corrected chi connectivity index (χ0v) is 19.8. The third-order valence-corrected chi connectivity index (χ3v) is 6.37. The summed E-state index contributed by atoms with van der Waals surface area (Å²) in [6.07, 6.45) is 0. The molecule has 0 radical (unpaired) electrons. The van der Waals surface area contributed by atoms with Crippen LogP contribution in [0.25, 0.3) is 17.0 Å². The molecule has 0 saturated heterocycles. The number of para-hydroxylation sites is 1. The maximum Gasteiger partial charge on any atom is 0.326 e. The van der Waals surface area contributed by atoms with E-state index in [0.717, 1.165) is 33.6 Å². The Morgan fingerprint density at radius 1 is 0.941 bits per heavy atom. The first-order chi connectivity index (χ1) is 16.4. The molecule has 1 N–H and O–H groups in total. The molecule has 2 heterocycles. The molecule has 0 aliphatic carbocycles. The lowest BCUT2D eigenvalue weighted by Crippen LogP contribution is -2.46. The van der Waals surface area contributed by atoms with Crippen LogP contribution < -0.4 is 10.2 Å². The van der Waals surface area contributed by atoms with Crippen LogP contribution in [0.3, 0.4) is 0 Å². The molecule has 5 rings (SSSR count). The van der Waals surface area contributed by atoms with Crippen LogP contribution in [0.15, 0.2) is 83.0 Å². The van der Waals surface area contributed by atoms with E-state index in [4.69, 9.17) is 21.1 Å². The molecule has 34 heavy (non-hydrogen) atoms. The second-order valence-corrected chi connectivity index (χ2v) is 8.76. The fourth-order valence-electron chi connectivity index (χ4n) is 4.15. The van der Waals surface area contributed by atoms with E-state index >= 15 is 0 Å². The molecule has 0 saturated carbocycles. The van der Waals surface area contributed by atoms with Gasteiger partial charge in [-0.05, 0) is 73.9 Å². The topological polar surface area (TPSA) is 71.3 Å². The minimum Gasteiger partial charge on any atom is -0.334 e. The van der Waals surface area contributed by atoms with E-state index in [-0.39, 0.29) is 6.03 Å². The van der Waals surface area contributed by atoms with Gasteiger partial charge in [0.15, 0.2) is 0 Å². The van der Waals surface area contributed by atoms with Gasteiger partial charge in [-0.1, -0.05) is 53.2 Å². The summed E-state index contributed by atoms with van der Waals surface area (Å²) in [6.45, 7) is 6.02. The fourth-order valence-corrected chi connectivity index (χ4v) is 4.28. The summed E-state index contributed by atoms with van der Waals surface area (Å²) in [4.78, 5) is 19.6. The summed E-state index contributed by atoms with van der Waals surface area (Å²) in [5.41, 5.74) is 6.29. The summed E-state index contributed by atoms with van der Waals surface area (Å²) in [5, 5.41) is 7.99. The Hall–Kier alpha value is -3.90. The molecule has 4 aromatic rings. The highest BCUT2D eigenvalue weighted by Gasteiger charge is 2.36. The standard InChI is InChI=1S/C27H23ClN4O2/c1-16-9-10-20(15-17(16)2)24-23(18(3)32(27(33)29-24)22-7-5-4-6-8-22)26-30-25(31-34-26)19-11-13-21(28)14-12-19/h4-15,24H,1-3H3,(H,29,33). The first-order valence-electron chi connectivity index (χ1n) is 11.0. The van der Waals surface area contributed by atoms with E-state index in [9.17, 15) is 4.79 Å². The van der Waals surface area contributed by atoms with Crippen molar-refractivity contribution in [3.63, 3.8) is 0 Å². The molecule has 1 aromatic heterocycles. The Kier molecular flexibility index (Phi) is 5.67. The van der Waals surface area contributed by atoms with Gasteiger partial charge >= 0.3 is 6.03 Å². The van der Waals surface area contributed by atoms with E-state index in [0.29, 0.717) is 16.7 Å². The molecule has 1 aliphatic rings. The van der Waals surface area contributed by atoms with Crippen LogP contribution in [0.5, 0.6) is 0 Å². The molecule has 7 heteroatoms. The highest BCUT2D eigenvalue weighted by Crippen LogP contribution is 2.39. The average molecular weight is 471 g/mol. The monoisotopic (exact) mass is 470 g/mol. The van der Waals surface area contributed by atoms with Gasteiger partial charge < -0.3 is 9.84 Å². The Morgan fingerprint density at radius 3 is 2.38 bits per heavy atom. The lowest BCUT2D eigenvalue weighted by molar-refractivity contribution is 0.244. The lowest BCUT2D eigenvalue weighted by atomic mass is 9.92. The minimum atomic E-state index is -0.440. The zero-order valence-electron chi connectivity index (χ0n) is 19.0. The number of hydrogen-bond acceptors (Lipinski definition) is 4. The van der Waals surface area contributed by atoms with Crippen LogP contribution in [0.2, 0.25) is 5.02 Å². The molecule has 1 aliphatic heterocycles. The number of aromatic nitrogens is 2. The molecule has 0 bridgehead atoms. The van der Waals surface area contributed by atoms with E-state index in [1.807, 2.05) is 55.5 Å². The fraction of sp³-hybridized carbons (Fsp3) is 0.148. The number of nitrogens with one attached hydrogen (secondary N) is 1. The van der Waals surface area contributed by atoms with Crippen molar-refractivity contribution in [3.8, 4) is 11.4 Å². The smallest absolute Gasteiger partial charge is 0.326 e. The Bertz CT molecular complexity index is 1390. The molecule has 170 valence electrons. The first kappa shape index (κ1) is 21.9. The van der Waals surface area contributed by atoms with Crippen LogP contribution in [0.4, 0.5) is 10.5 Å². The van der Waals surface area contributed by atoms with Crippen LogP contribution >= 0.6 is 11.6 Å². The second kappa shape index (κ2) is 8.80. The van der Waals surface area contributed by atoms with Crippen molar-refractivity contribution < 1.29 is 9.32 Å². The van der Waals surface area contributed by atoms with Crippen LogP contribution in [0.1, 0.15) is 35.5 Å². The van der Waals surface area contributed by atoms with Crippen LogP contribution in [-0.4, -0.2) is 16.2 Å². The predicted octanol–water partition coefficient (Wildman–Crippen LogP) is 6.71. The zero-order chi connectivity index (χ0) is 23.8. The van der Waals surface area contributed by atoms with E-state index in [2.05, 4.69) is 36.5 Å². The largest absolute Gasteiger partial charge is 0.334 e. The number of rotatable bonds is 4. The maximum atomic E-state index is 13.3. The van der Waals surface area contributed by atoms with Crippen LogP contribution in [-0.2, 0) is 0 Å². The third kappa shape index (κ3) is 3.97. The summed E-state index contributed by atoms with van der Waals surface area (Å²) >= 11 is 6.03. The molecular formula is C27H23ClN4O2. The van der Waals surface area contributed by atoms with E-state index in [1.54, 1.807) is 17.0 Å². The van der Waals surface area contributed by atoms with Gasteiger partial charge in [0.05, 0.1) is 17.3 Å². The summed E-state index contributed by atoms with van der Waals surface area (Å²) in [7, 11) is 0. The van der Waals surface area contributed by atoms with Gasteiger partial charge in [-0.15, -0.1) is 0 Å². The number of anilines is 1. The molecule has 3 aromatic carbocycles. The molecule has 0 spiro atoms. The quantitative estimate of drug-likeness (QED) is 0.360. The number of benzene rings is 3.